The summed E-state index contributed by atoms with van der Waals surface area (Å²) in [4.78, 5) is 4.03. The molecule has 3 nitrogen and oxygen atoms in total. The number of nitrogens with one attached hydrogen (secondary N) is 2. The van der Waals surface area contributed by atoms with Crippen molar-refractivity contribution >= 4 is 21.9 Å². The van der Waals surface area contributed by atoms with E-state index in [1.807, 2.05) is 0 Å². The Balaban J connectivity index is 3.77. The first-order chi connectivity index (χ1) is 5.56. The second-order valence-corrected chi connectivity index (χ2v) is 3.86. The van der Waals surface area contributed by atoms with Crippen molar-refractivity contribution in [3.8, 4) is 0 Å². The number of guanidine groups is 1. The van der Waals surface area contributed by atoms with E-state index in [-0.39, 0.29) is 0 Å². The molecular formula is C8H16BrN3. The van der Waals surface area contributed by atoms with Gasteiger partial charge in [0.1, 0.15) is 0 Å². The molecule has 0 amide bonds. The van der Waals surface area contributed by atoms with Gasteiger partial charge in [-0.3, -0.25) is 4.99 Å². The normalized spacial score (nSPS) is 11.6. The van der Waals surface area contributed by atoms with Gasteiger partial charge in [0.2, 0.25) is 0 Å². The number of hydrogen-bond donors (Lipinski definition) is 2. The molecule has 0 heterocycles. The predicted molar refractivity (Wildman–Crippen MR) is 57.7 cm³/mol. The molecule has 0 rings (SSSR count). The Hall–Kier alpha value is -0.510. The standard InChI is InChI=1S/C8H16BrN3/c1-6(2)12-8(10-4)11-5-7(3)9/h6H,3,5H2,1-2,4H3,(H2,10,11,12). The van der Waals surface area contributed by atoms with Gasteiger partial charge >= 0.3 is 0 Å². The van der Waals surface area contributed by atoms with Crippen molar-refractivity contribution in [3.63, 3.8) is 0 Å². The van der Waals surface area contributed by atoms with Crippen LogP contribution < -0.4 is 10.6 Å². The lowest BCUT2D eigenvalue weighted by atomic mass is 10.4. The Kier molecular flexibility index (Phi) is 5.80. The van der Waals surface area contributed by atoms with Crippen LogP contribution in [0.3, 0.4) is 0 Å². The first-order valence-corrected chi connectivity index (χ1v) is 4.66. The molecule has 0 aromatic carbocycles. The lowest BCUT2D eigenvalue weighted by Gasteiger charge is -2.13. The van der Waals surface area contributed by atoms with Gasteiger partial charge in [0.25, 0.3) is 0 Å². The molecule has 0 aromatic rings. The largest absolute Gasteiger partial charge is 0.354 e. The average molecular weight is 234 g/mol. The van der Waals surface area contributed by atoms with Crippen LogP contribution in [0.15, 0.2) is 16.1 Å². The van der Waals surface area contributed by atoms with E-state index in [0.717, 1.165) is 10.4 Å². The molecule has 0 aliphatic rings. The third kappa shape index (κ3) is 6.22. The quantitative estimate of drug-likeness (QED) is 0.573. The summed E-state index contributed by atoms with van der Waals surface area (Å²) in [5.41, 5.74) is 0. The number of aliphatic imine (C=N–C) groups is 1. The predicted octanol–water partition coefficient (Wildman–Crippen LogP) is 1.47. The summed E-state index contributed by atoms with van der Waals surface area (Å²) < 4.78 is 0.911. The zero-order chi connectivity index (χ0) is 9.56. The fraction of sp³-hybridized carbons (Fsp3) is 0.625. The van der Waals surface area contributed by atoms with Crippen LogP contribution in [0.4, 0.5) is 0 Å². The Morgan fingerprint density at radius 1 is 1.58 bits per heavy atom. The van der Waals surface area contributed by atoms with Gasteiger partial charge in [-0.05, 0) is 13.8 Å². The minimum atomic E-state index is 0.389. The van der Waals surface area contributed by atoms with Crippen LogP contribution in [-0.2, 0) is 0 Å². The summed E-state index contributed by atoms with van der Waals surface area (Å²) in [7, 11) is 1.74. The molecule has 0 bridgehead atoms. The molecule has 0 aliphatic heterocycles. The maximum atomic E-state index is 4.03. The zero-order valence-corrected chi connectivity index (χ0v) is 9.40. The van der Waals surface area contributed by atoms with Crippen molar-refractivity contribution in [1.29, 1.82) is 0 Å². The molecule has 70 valence electrons. The van der Waals surface area contributed by atoms with Crippen LogP contribution in [0.25, 0.3) is 0 Å². The highest BCUT2D eigenvalue weighted by atomic mass is 79.9. The second kappa shape index (κ2) is 6.06. The molecule has 0 saturated heterocycles. The van der Waals surface area contributed by atoms with Crippen LogP contribution in [-0.4, -0.2) is 25.6 Å². The highest BCUT2D eigenvalue weighted by molar-refractivity contribution is 9.11. The van der Waals surface area contributed by atoms with Gasteiger partial charge in [-0.1, -0.05) is 22.5 Å². The molecule has 2 N–H and O–H groups in total. The topological polar surface area (TPSA) is 36.4 Å². The lowest BCUT2D eigenvalue weighted by molar-refractivity contribution is 0.709. The summed E-state index contributed by atoms with van der Waals surface area (Å²) in [5.74, 6) is 0.797. The van der Waals surface area contributed by atoms with E-state index >= 15 is 0 Å². The number of halogens is 1. The summed E-state index contributed by atoms with van der Waals surface area (Å²) in [6.07, 6.45) is 0. The van der Waals surface area contributed by atoms with Gasteiger partial charge in [0, 0.05) is 24.1 Å². The van der Waals surface area contributed by atoms with Gasteiger partial charge < -0.3 is 10.6 Å². The van der Waals surface area contributed by atoms with Crippen molar-refractivity contribution in [2.75, 3.05) is 13.6 Å². The Bertz CT molecular complexity index is 175. The SMILES string of the molecule is C=C(Br)CNC(=NC)NC(C)C. The lowest BCUT2D eigenvalue weighted by Crippen LogP contribution is -2.41. The first-order valence-electron chi connectivity index (χ1n) is 3.86. The van der Waals surface area contributed by atoms with Gasteiger partial charge in [-0.15, -0.1) is 0 Å². The third-order valence-corrected chi connectivity index (χ3v) is 1.38. The Morgan fingerprint density at radius 2 is 2.17 bits per heavy atom. The molecule has 12 heavy (non-hydrogen) atoms. The van der Waals surface area contributed by atoms with E-state index in [1.165, 1.54) is 0 Å². The Labute approximate surface area is 82.5 Å². The van der Waals surface area contributed by atoms with E-state index in [1.54, 1.807) is 7.05 Å². The van der Waals surface area contributed by atoms with Crippen molar-refractivity contribution < 1.29 is 0 Å². The average Bonchev–Trinajstić information content (AvgIpc) is 1.97. The van der Waals surface area contributed by atoms with Crippen molar-refractivity contribution in [1.82, 2.24) is 10.6 Å². The second-order valence-electron chi connectivity index (χ2n) is 2.74. The summed E-state index contributed by atoms with van der Waals surface area (Å²) in [5, 5.41) is 6.25. The van der Waals surface area contributed by atoms with Crippen LogP contribution >= 0.6 is 15.9 Å². The van der Waals surface area contributed by atoms with Gasteiger partial charge in [-0.2, -0.15) is 0 Å². The van der Waals surface area contributed by atoms with Crippen molar-refractivity contribution in [3.05, 3.63) is 11.1 Å². The molecule has 0 fully saturated rings. The molecule has 0 saturated carbocycles. The van der Waals surface area contributed by atoms with E-state index in [9.17, 15) is 0 Å². The molecule has 0 spiro atoms. The highest BCUT2D eigenvalue weighted by Gasteiger charge is 1.98. The molecule has 0 aliphatic carbocycles. The molecule has 0 radical (unpaired) electrons. The molecule has 0 atom stereocenters. The summed E-state index contributed by atoms with van der Waals surface area (Å²) in [6, 6.07) is 0.389. The van der Waals surface area contributed by atoms with Crippen molar-refractivity contribution in [2.45, 2.75) is 19.9 Å². The van der Waals surface area contributed by atoms with E-state index in [2.05, 4.69) is 52.0 Å². The minimum Gasteiger partial charge on any atom is -0.354 e. The van der Waals surface area contributed by atoms with Crippen molar-refractivity contribution in [2.24, 2.45) is 4.99 Å². The number of hydrogen-bond acceptors (Lipinski definition) is 1. The van der Waals surface area contributed by atoms with Gasteiger partial charge in [0.05, 0.1) is 0 Å². The molecule has 0 unspecified atom stereocenters. The smallest absolute Gasteiger partial charge is 0.191 e. The van der Waals surface area contributed by atoms with Crippen LogP contribution in [0, 0.1) is 0 Å². The number of rotatable bonds is 3. The van der Waals surface area contributed by atoms with E-state index in [4.69, 9.17) is 0 Å². The maximum absolute atomic E-state index is 4.03. The maximum Gasteiger partial charge on any atom is 0.191 e. The summed E-state index contributed by atoms with van der Waals surface area (Å²) >= 11 is 3.26. The monoisotopic (exact) mass is 233 g/mol. The van der Waals surface area contributed by atoms with E-state index < -0.39 is 0 Å². The fourth-order valence-corrected chi connectivity index (χ4v) is 0.788. The molecular weight excluding hydrogens is 218 g/mol. The number of nitrogens with zero attached hydrogens (tertiary/aromatic N) is 1. The molecule has 0 aromatic heterocycles. The Morgan fingerprint density at radius 3 is 2.50 bits per heavy atom. The first kappa shape index (κ1) is 11.5. The van der Waals surface area contributed by atoms with Crippen LogP contribution in [0.1, 0.15) is 13.8 Å². The zero-order valence-electron chi connectivity index (χ0n) is 7.82. The minimum absolute atomic E-state index is 0.389. The molecule has 4 heteroatoms. The van der Waals surface area contributed by atoms with Gasteiger partial charge in [0.15, 0.2) is 5.96 Å². The van der Waals surface area contributed by atoms with Gasteiger partial charge in [-0.25, -0.2) is 0 Å². The highest BCUT2D eigenvalue weighted by Crippen LogP contribution is 1.96. The fourth-order valence-electron chi connectivity index (χ4n) is 0.648. The van der Waals surface area contributed by atoms with Crippen LogP contribution in [0.2, 0.25) is 0 Å². The van der Waals surface area contributed by atoms with Crippen LogP contribution in [0.5, 0.6) is 0 Å². The van der Waals surface area contributed by atoms with E-state index in [0.29, 0.717) is 12.6 Å². The third-order valence-electron chi connectivity index (χ3n) is 1.10. The summed E-state index contributed by atoms with van der Waals surface area (Å²) in [6.45, 7) is 8.53.